The van der Waals surface area contributed by atoms with Crippen LogP contribution in [-0.4, -0.2) is 58.9 Å². The summed E-state index contributed by atoms with van der Waals surface area (Å²) in [5.41, 5.74) is 6.27. The van der Waals surface area contributed by atoms with Crippen molar-refractivity contribution in [1.29, 1.82) is 0 Å². The van der Waals surface area contributed by atoms with Gasteiger partial charge in [-0.15, -0.1) is 11.3 Å². The molecule has 3 amide bonds. The van der Waals surface area contributed by atoms with E-state index in [0.29, 0.717) is 19.5 Å². The Labute approximate surface area is 196 Å². The molecule has 1 aliphatic heterocycles. The Hall–Kier alpha value is -2.78. The Morgan fingerprint density at radius 2 is 1.73 bits per heavy atom. The first-order chi connectivity index (χ1) is 15.9. The lowest BCUT2D eigenvalue weighted by Crippen LogP contribution is -2.64. The van der Waals surface area contributed by atoms with Gasteiger partial charge in [-0.25, -0.2) is 4.39 Å². The third-order valence-electron chi connectivity index (χ3n) is 6.32. The van der Waals surface area contributed by atoms with Gasteiger partial charge in [0.15, 0.2) is 6.17 Å². The molecule has 7 nitrogen and oxygen atoms in total. The molecule has 4 rings (SSSR count). The maximum Gasteiger partial charge on any atom is 0.264 e. The molecule has 9 heteroatoms. The topological polar surface area (TPSA) is 95.7 Å². The number of carbonyl (C=O) groups excluding carboxylic acids is 3. The smallest absolute Gasteiger partial charge is 0.264 e. The van der Waals surface area contributed by atoms with Gasteiger partial charge in [-0.1, -0.05) is 6.07 Å². The Kier molecular flexibility index (Phi) is 7.39. The van der Waals surface area contributed by atoms with E-state index in [9.17, 15) is 18.8 Å². The highest BCUT2D eigenvalue weighted by atomic mass is 32.1. The Morgan fingerprint density at radius 3 is 2.39 bits per heavy atom. The Bertz CT molecular complexity index is 974. The summed E-state index contributed by atoms with van der Waals surface area (Å²) < 4.78 is 13.4. The molecule has 3 N–H and O–H groups in total. The molecular formula is C24H29FN4O3S. The molecule has 1 unspecified atom stereocenters. The summed E-state index contributed by atoms with van der Waals surface area (Å²) in [6, 6.07) is 9.13. The van der Waals surface area contributed by atoms with Gasteiger partial charge in [-0.3, -0.25) is 14.4 Å². The van der Waals surface area contributed by atoms with E-state index >= 15 is 0 Å². The first-order valence-electron chi connectivity index (χ1n) is 11.4. The van der Waals surface area contributed by atoms with Gasteiger partial charge < -0.3 is 20.9 Å². The Balaban J connectivity index is 1.57. The number of rotatable bonds is 5. The quantitative estimate of drug-likeness (QED) is 0.699. The fourth-order valence-electron chi connectivity index (χ4n) is 4.54. The summed E-state index contributed by atoms with van der Waals surface area (Å²) >= 11 is 1.48. The summed E-state index contributed by atoms with van der Waals surface area (Å²) in [6.07, 6.45) is 2.90. The molecule has 2 fully saturated rings. The number of nitrogens with two attached hydrogens (primary N) is 1. The highest BCUT2D eigenvalue weighted by molar-refractivity contribution is 7.10. The molecule has 2 aromatic rings. The van der Waals surface area contributed by atoms with E-state index in [2.05, 4.69) is 5.32 Å². The SMILES string of the molecule is NC1CCC(NC(=O)C2N(C(=O)Cc3cccs3)CCCN2C(=O)c2ccc(F)cc2)CC1. The van der Waals surface area contributed by atoms with Crippen LogP contribution in [0.15, 0.2) is 41.8 Å². The fourth-order valence-corrected chi connectivity index (χ4v) is 5.24. The van der Waals surface area contributed by atoms with Gasteiger partial charge in [-0.05, 0) is 67.8 Å². The van der Waals surface area contributed by atoms with Crippen molar-refractivity contribution < 1.29 is 18.8 Å². The van der Waals surface area contributed by atoms with Crippen molar-refractivity contribution in [2.24, 2.45) is 5.73 Å². The minimum absolute atomic E-state index is 0.0313. The van der Waals surface area contributed by atoms with Crippen LogP contribution in [0.3, 0.4) is 0 Å². The largest absolute Gasteiger partial charge is 0.350 e. The van der Waals surface area contributed by atoms with Crippen LogP contribution in [0.5, 0.6) is 0 Å². The third-order valence-corrected chi connectivity index (χ3v) is 7.20. The van der Waals surface area contributed by atoms with Crippen molar-refractivity contribution >= 4 is 29.1 Å². The second-order valence-electron chi connectivity index (χ2n) is 8.70. The van der Waals surface area contributed by atoms with Gasteiger partial charge in [0.25, 0.3) is 11.8 Å². The van der Waals surface area contributed by atoms with Gasteiger partial charge in [0.05, 0.1) is 6.42 Å². The molecule has 1 aliphatic carbocycles. The molecule has 1 saturated heterocycles. The van der Waals surface area contributed by atoms with E-state index in [1.54, 1.807) is 0 Å². The normalized spacial score (nSPS) is 23.3. The van der Waals surface area contributed by atoms with E-state index in [0.717, 1.165) is 30.6 Å². The van der Waals surface area contributed by atoms with Crippen LogP contribution in [0.4, 0.5) is 4.39 Å². The predicted octanol–water partition coefficient (Wildman–Crippen LogP) is 2.52. The van der Waals surface area contributed by atoms with E-state index in [1.165, 1.54) is 45.4 Å². The van der Waals surface area contributed by atoms with Gasteiger partial charge in [0.1, 0.15) is 5.82 Å². The third kappa shape index (κ3) is 5.59. The molecule has 0 spiro atoms. The van der Waals surface area contributed by atoms with Crippen LogP contribution in [0.25, 0.3) is 0 Å². The van der Waals surface area contributed by atoms with E-state index in [1.807, 2.05) is 17.5 Å². The average Bonchev–Trinajstić information content (AvgIpc) is 3.33. The number of nitrogens with zero attached hydrogens (tertiary/aromatic N) is 2. The van der Waals surface area contributed by atoms with Crippen molar-refractivity contribution in [1.82, 2.24) is 15.1 Å². The average molecular weight is 473 g/mol. The second-order valence-corrected chi connectivity index (χ2v) is 9.73. The van der Waals surface area contributed by atoms with Gasteiger partial charge in [0, 0.05) is 35.6 Å². The zero-order valence-electron chi connectivity index (χ0n) is 18.4. The highest BCUT2D eigenvalue weighted by Gasteiger charge is 2.41. The van der Waals surface area contributed by atoms with Crippen molar-refractivity contribution in [3.63, 3.8) is 0 Å². The number of thiophene rings is 1. The van der Waals surface area contributed by atoms with Crippen LogP contribution in [0.2, 0.25) is 0 Å². The van der Waals surface area contributed by atoms with Crippen LogP contribution in [0, 0.1) is 5.82 Å². The van der Waals surface area contributed by atoms with E-state index < -0.39 is 17.9 Å². The molecule has 0 bridgehead atoms. The first-order valence-corrected chi connectivity index (χ1v) is 12.2. The molecule has 1 saturated carbocycles. The van der Waals surface area contributed by atoms with Crippen molar-refractivity contribution in [2.75, 3.05) is 13.1 Å². The number of nitrogens with one attached hydrogen (secondary N) is 1. The number of hydrogen-bond acceptors (Lipinski definition) is 5. The number of benzene rings is 1. The molecule has 33 heavy (non-hydrogen) atoms. The van der Waals surface area contributed by atoms with Gasteiger partial charge in [0.2, 0.25) is 5.91 Å². The molecule has 176 valence electrons. The standard InChI is InChI=1S/C24H29FN4O3S/c25-17-6-4-16(5-7-17)24(32)29-13-2-12-28(21(30)15-20-3-1-14-33-20)23(29)22(31)27-19-10-8-18(26)9-11-19/h1,3-7,14,18-19,23H,2,8-13,15,26H2,(H,27,31). The molecule has 0 radical (unpaired) electrons. The van der Waals surface area contributed by atoms with Crippen LogP contribution >= 0.6 is 11.3 Å². The van der Waals surface area contributed by atoms with E-state index in [4.69, 9.17) is 5.73 Å². The molecule has 1 aromatic carbocycles. The summed E-state index contributed by atoms with van der Waals surface area (Å²) in [4.78, 5) is 43.9. The summed E-state index contributed by atoms with van der Waals surface area (Å²) in [5.74, 6) is -1.39. The fraction of sp³-hybridized carbons (Fsp3) is 0.458. The Morgan fingerprint density at radius 1 is 1.03 bits per heavy atom. The number of amides is 3. The lowest BCUT2D eigenvalue weighted by molar-refractivity contribution is -0.149. The van der Waals surface area contributed by atoms with Crippen LogP contribution in [0.1, 0.15) is 47.3 Å². The zero-order chi connectivity index (χ0) is 23.4. The molecule has 2 aliphatic rings. The number of hydrogen-bond donors (Lipinski definition) is 2. The van der Waals surface area contributed by atoms with Crippen LogP contribution < -0.4 is 11.1 Å². The van der Waals surface area contributed by atoms with Crippen molar-refractivity contribution in [3.8, 4) is 0 Å². The number of halogens is 1. The summed E-state index contributed by atoms with van der Waals surface area (Å²) in [5, 5.41) is 4.96. The van der Waals surface area contributed by atoms with Crippen LogP contribution in [-0.2, 0) is 16.0 Å². The minimum Gasteiger partial charge on any atom is -0.350 e. The zero-order valence-corrected chi connectivity index (χ0v) is 19.2. The second kappa shape index (κ2) is 10.4. The molecular weight excluding hydrogens is 443 g/mol. The lowest BCUT2D eigenvalue weighted by Gasteiger charge is -2.43. The van der Waals surface area contributed by atoms with Gasteiger partial charge >= 0.3 is 0 Å². The maximum absolute atomic E-state index is 13.5. The highest BCUT2D eigenvalue weighted by Crippen LogP contribution is 2.23. The summed E-state index contributed by atoms with van der Waals surface area (Å²) in [6.45, 7) is 0.734. The maximum atomic E-state index is 13.5. The van der Waals surface area contributed by atoms with Crippen molar-refractivity contribution in [2.45, 2.75) is 56.8 Å². The molecule has 1 aromatic heterocycles. The van der Waals surface area contributed by atoms with Gasteiger partial charge in [-0.2, -0.15) is 0 Å². The lowest BCUT2D eigenvalue weighted by atomic mass is 9.91. The minimum atomic E-state index is -1.04. The predicted molar refractivity (Wildman–Crippen MR) is 124 cm³/mol. The monoisotopic (exact) mass is 472 g/mol. The summed E-state index contributed by atoms with van der Waals surface area (Å²) in [7, 11) is 0. The molecule has 1 atom stereocenters. The van der Waals surface area contributed by atoms with E-state index in [-0.39, 0.29) is 35.9 Å². The molecule has 2 heterocycles. The van der Waals surface area contributed by atoms with Crippen molar-refractivity contribution in [3.05, 3.63) is 58.0 Å². The number of carbonyl (C=O) groups is 3. The first kappa shape index (κ1) is 23.4.